The Morgan fingerprint density at radius 1 is 1.15 bits per heavy atom. The van der Waals surface area contributed by atoms with Gasteiger partial charge in [-0.2, -0.15) is 0 Å². The van der Waals surface area contributed by atoms with Gasteiger partial charge in [0.2, 0.25) is 5.24 Å². The Balaban J connectivity index is 2.01. The lowest BCUT2D eigenvalue weighted by Crippen LogP contribution is -1.95. The van der Waals surface area contributed by atoms with Gasteiger partial charge in [0.25, 0.3) is 0 Å². The van der Waals surface area contributed by atoms with Crippen molar-refractivity contribution in [2.75, 3.05) is 0 Å². The zero-order valence-electron chi connectivity index (χ0n) is 10.6. The topological polar surface area (TPSA) is 26.3 Å². The SMILES string of the molecule is O=C(Cl)/C=C/c1cccc(OCc2ccc(Cl)cc2)c1. The molecule has 0 saturated heterocycles. The van der Waals surface area contributed by atoms with Crippen LogP contribution >= 0.6 is 23.2 Å². The van der Waals surface area contributed by atoms with Gasteiger partial charge in [0, 0.05) is 5.02 Å². The zero-order valence-corrected chi connectivity index (χ0v) is 12.1. The molecule has 0 aliphatic rings. The van der Waals surface area contributed by atoms with E-state index >= 15 is 0 Å². The van der Waals surface area contributed by atoms with E-state index in [4.69, 9.17) is 27.9 Å². The van der Waals surface area contributed by atoms with Crippen LogP contribution in [0.4, 0.5) is 0 Å². The quantitative estimate of drug-likeness (QED) is 0.591. The summed E-state index contributed by atoms with van der Waals surface area (Å²) in [4.78, 5) is 10.7. The van der Waals surface area contributed by atoms with Crippen molar-refractivity contribution in [1.29, 1.82) is 0 Å². The Labute approximate surface area is 127 Å². The summed E-state index contributed by atoms with van der Waals surface area (Å²) in [6, 6.07) is 14.9. The van der Waals surface area contributed by atoms with Crippen LogP contribution < -0.4 is 4.74 Å². The fourth-order valence-corrected chi connectivity index (χ4v) is 1.81. The minimum atomic E-state index is -0.502. The van der Waals surface area contributed by atoms with Crippen molar-refractivity contribution in [2.45, 2.75) is 6.61 Å². The molecule has 0 saturated carbocycles. The second kappa shape index (κ2) is 7.13. The lowest BCUT2D eigenvalue weighted by Gasteiger charge is -2.07. The van der Waals surface area contributed by atoms with Crippen LogP contribution in [0.15, 0.2) is 54.6 Å². The number of ether oxygens (including phenoxy) is 1. The van der Waals surface area contributed by atoms with Gasteiger partial charge >= 0.3 is 0 Å². The van der Waals surface area contributed by atoms with Crippen molar-refractivity contribution in [3.8, 4) is 5.75 Å². The summed E-state index contributed by atoms with van der Waals surface area (Å²) < 4.78 is 5.68. The minimum Gasteiger partial charge on any atom is -0.489 e. The fourth-order valence-electron chi connectivity index (χ4n) is 1.62. The molecule has 0 spiro atoms. The minimum absolute atomic E-state index is 0.457. The van der Waals surface area contributed by atoms with Gasteiger partial charge < -0.3 is 4.74 Å². The highest BCUT2D eigenvalue weighted by Gasteiger charge is 1.98. The lowest BCUT2D eigenvalue weighted by atomic mass is 10.2. The summed E-state index contributed by atoms with van der Waals surface area (Å²) in [5.41, 5.74) is 1.89. The maximum atomic E-state index is 10.7. The highest BCUT2D eigenvalue weighted by Crippen LogP contribution is 2.17. The molecule has 2 aromatic rings. The maximum absolute atomic E-state index is 10.7. The third kappa shape index (κ3) is 4.72. The summed E-state index contributed by atoms with van der Waals surface area (Å²) in [6.45, 7) is 0.457. The van der Waals surface area contributed by atoms with Crippen LogP contribution in [0.3, 0.4) is 0 Å². The van der Waals surface area contributed by atoms with Gasteiger partial charge in [-0.05, 0) is 53.1 Å². The standard InChI is InChI=1S/C16H12Cl2O2/c17-14-7-4-13(5-8-14)11-20-15-3-1-2-12(10-15)6-9-16(18)19/h1-10H,11H2/b9-6+. The number of rotatable bonds is 5. The molecule has 0 aliphatic carbocycles. The van der Waals surface area contributed by atoms with Crippen LogP contribution in [-0.2, 0) is 11.4 Å². The molecule has 102 valence electrons. The highest BCUT2D eigenvalue weighted by atomic mass is 35.5. The van der Waals surface area contributed by atoms with Crippen molar-refractivity contribution >= 4 is 34.5 Å². The Morgan fingerprint density at radius 2 is 1.90 bits per heavy atom. The van der Waals surface area contributed by atoms with E-state index in [0.717, 1.165) is 16.9 Å². The first kappa shape index (κ1) is 14.6. The van der Waals surface area contributed by atoms with E-state index < -0.39 is 5.24 Å². The lowest BCUT2D eigenvalue weighted by molar-refractivity contribution is -0.107. The van der Waals surface area contributed by atoms with Gasteiger partial charge in [0.15, 0.2) is 0 Å². The largest absolute Gasteiger partial charge is 0.489 e. The number of hydrogen-bond donors (Lipinski definition) is 0. The van der Waals surface area contributed by atoms with Crippen molar-refractivity contribution in [3.05, 3.63) is 70.8 Å². The summed E-state index contributed by atoms with van der Waals surface area (Å²) in [6.07, 6.45) is 2.95. The van der Waals surface area contributed by atoms with E-state index in [9.17, 15) is 4.79 Å². The van der Waals surface area contributed by atoms with Gasteiger partial charge in [-0.15, -0.1) is 0 Å². The zero-order chi connectivity index (χ0) is 14.4. The molecule has 2 rings (SSSR count). The maximum Gasteiger partial charge on any atom is 0.245 e. The molecule has 0 aromatic heterocycles. The Hall–Kier alpha value is -1.77. The van der Waals surface area contributed by atoms with E-state index in [2.05, 4.69) is 0 Å². The van der Waals surface area contributed by atoms with E-state index in [-0.39, 0.29) is 0 Å². The van der Waals surface area contributed by atoms with Crippen molar-refractivity contribution in [3.63, 3.8) is 0 Å². The normalized spacial score (nSPS) is 10.7. The Kier molecular flexibility index (Phi) is 5.22. The first-order valence-corrected chi connectivity index (χ1v) is 6.74. The average Bonchev–Trinajstić information content (AvgIpc) is 2.45. The van der Waals surface area contributed by atoms with Gasteiger partial charge in [-0.1, -0.05) is 41.9 Å². The van der Waals surface area contributed by atoms with Crippen LogP contribution in [0, 0.1) is 0 Å². The molecule has 0 atom stereocenters. The molecule has 0 unspecified atom stereocenters. The number of halogens is 2. The third-order valence-corrected chi connectivity index (χ3v) is 2.96. The van der Waals surface area contributed by atoms with E-state index in [1.165, 1.54) is 6.08 Å². The molecule has 0 radical (unpaired) electrons. The fraction of sp³-hybridized carbons (Fsp3) is 0.0625. The highest BCUT2D eigenvalue weighted by molar-refractivity contribution is 6.66. The van der Waals surface area contributed by atoms with Crippen LogP contribution in [0.5, 0.6) is 5.75 Å². The third-order valence-electron chi connectivity index (χ3n) is 2.58. The molecule has 0 fully saturated rings. The smallest absolute Gasteiger partial charge is 0.245 e. The molecule has 0 bridgehead atoms. The predicted octanol–water partition coefficient (Wildman–Crippen LogP) is 4.70. The number of allylic oxidation sites excluding steroid dienone is 1. The van der Waals surface area contributed by atoms with Gasteiger partial charge in [-0.25, -0.2) is 0 Å². The number of carbonyl (C=O) groups is 1. The van der Waals surface area contributed by atoms with E-state index in [1.807, 2.05) is 48.5 Å². The van der Waals surface area contributed by atoms with E-state index in [0.29, 0.717) is 11.6 Å². The summed E-state index contributed by atoms with van der Waals surface area (Å²) >= 11 is 11.1. The monoisotopic (exact) mass is 306 g/mol. The second-order valence-electron chi connectivity index (χ2n) is 4.13. The first-order valence-electron chi connectivity index (χ1n) is 5.98. The molecule has 0 amide bonds. The Morgan fingerprint density at radius 3 is 2.60 bits per heavy atom. The summed E-state index contributed by atoms with van der Waals surface area (Å²) in [7, 11) is 0. The first-order chi connectivity index (χ1) is 9.63. The molecule has 0 N–H and O–H groups in total. The van der Waals surface area contributed by atoms with Crippen LogP contribution in [-0.4, -0.2) is 5.24 Å². The van der Waals surface area contributed by atoms with Gasteiger partial charge in [0.05, 0.1) is 0 Å². The number of carbonyl (C=O) groups excluding carboxylic acids is 1. The molecular formula is C16H12Cl2O2. The van der Waals surface area contributed by atoms with Gasteiger partial charge in [-0.3, -0.25) is 4.79 Å². The molecule has 20 heavy (non-hydrogen) atoms. The van der Waals surface area contributed by atoms with Crippen LogP contribution in [0.25, 0.3) is 6.08 Å². The predicted molar refractivity (Wildman–Crippen MR) is 82.1 cm³/mol. The van der Waals surface area contributed by atoms with Crippen molar-refractivity contribution in [2.24, 2.45) is 0 Å². The number of hydrogen-bond acceptors (Lipinski definition) is 2. The second-order valence-corrected chi connectivity index (χ2v) is 4.93. The molecular weight excluding hydrogens is 295 g/mol. The molecule has 2 aromatic carbocycles. The van der Waals surface area contributed by atoms with Gasteiger partial charge in [0.1, 0.15) is 12.4 Å². The molecule has 2 nitrogen and oxygen atoms in total. The van der Waals surface area contributed by atoms with Crippen LogP contribution in [0.2, 0.25) is 5.02 Å². The Bertz CT molecular complexity index is 619. The molecule has 4 heteroatoms. The summed E-state index contributed by atoms with van der Waals surface area (Å²) in [5, 5.41) is 0.198. The van der Waals surface area contributed by atoms with E-state index in [1.54, 1.807) is 6.08 Å². The average molecular weight is 307 g/mol. The van der Waals surface area contributed by atoms with Crippen LogP contribution in [0.1, 0.15) is 11.1 Å². The number of benzene rings is 2. The van der Waals surface area contributed by atoms with Crippen molar-refractivity contribution < 1.29 is 9.53 Å². The molecule has 0 heterocycles. The summed E-state index contributed by atoms with van der Waals surface area (Å²) in [5.74, 6) is 0.726. The molecule has 0 aliphatic heterocycles. The van der Waals surface area contributed by atoms with Crippen molar-refractivity contribution in [1.82, 2.24) is 0 Å².